The van der Waals surface area contributed by atoms with Gasteiger partial charge in [0.25, 0.3) is 0 Å². The molecule has 2 unspecified atom stereocenters. The number of carbonyl (C=O) groups is 1. The normalized spacial score (nSPS) is 23.0. The van der Waals surface area contributed by atoms with Crippen LogP contribution >= 0.6 is 0 Å². The monoisotopic (exact) mass is 252 g/mol. The van der Waals surface area contributed by atoms with Crippen molar-refractivity contribution in [2.45, 2.75) is 32.2 Å². The van der Waals surface area contributed by atoms with E-state index >= 15 is 0 Å². The van der Waals surface area contributed by atoms with Gasteiger partial charge < -0.3 is 16.2 Å². The fraction of sp³-hybridized carbons (Fsp3) is 0.462. The van der Waals surface area contributed by atoms with Crippen molar-refractivity contribution in [3.8, 4) is 0 Å². The molecule has 0 saturated heterocycles. The Labute approximate surface area is 105 Å². The van der Waals surface area contributed by atoms with Gasteiger partial charge >= 0.3 is 5.97 Å². The number of benzene rings is 1. The fourth-order valence-electron chi connectivity index (χ4n) is 2.44. The SMILES string of the molecule is CC1CCCC1Nc1cc(F)c(C(=O)O)cc1N. The quantitative estimate of drug-likeness (QED) is 0.723. The minimum Gasteiger partial charge on any atom is -0.478 e. The summed E-state index contributed by atoms with van der Waals surface area (Å²) in [6.45, 7) is 2.14. The Hall–Kier alpha value is -1.78. The lowest BCUT2D eigenvalue weighted by atomic mass is 10.1. The number of anilines is 2. The topological polar surface area (TPSA) is 75.3 Å². The van der Waals surface area contributed by atoms with Crippen molar-refractivity contribution < 1.29 is 14.3 Å². The Bertz CT molecular complexity index is 476. The third-order valence-corrected chi connectivity index (χ3v) is 3.57. The number of hydrogen-bond acceptors (Lipinski definition) is 3. The van der Waals surface area contributed by atoms with E-state index in [4.69, 9.17) is 10.8 Å². The third kappa shape index (κ3) is 2.39. The molecule has 1 fully saturated rings. The van der Waals surface area contributed by atoms with E-state index in [2.05, 4.69) is 12.2 Å². The second kappa shape index (κ2) is 4.84. The maximum atomic E-state index is 13.6. The molecule has 1 aromatic rings. The van der Waals surface area contributed by atoms with Gasteiger partial charge in [0, 0.05) is 6.04 Å². The van der Waals surface area contributed by atoms with E-state index in [1.54, 1.807) is 0 Å². The smallest absolute Gasteiger partial charge is 0.338 e. The lowest BCUT2D eigenvalue weighted by Crippen LogP contribution is -2.22. The predicted octanol–water partition coefficient (Wildman–Crippen LogP) is 2.71. The molecule has 1 saturated carbocycles. The van der Waals surface area contributed by atoms with Crippen LogP contribution in [0.5, 0.6) is 0 Å². The zero-order chi connectivity index (χ0) is 13.3. The van der Waals surface area contributed by atoms with Gasteiger partial charge in [-0.3, -0.25) is 0 Å². The molecule has 0 radical (unpaired) electrons. The molecule has 1 aliphatic rings. The summed E-state index contributed by atoms with van der Waals surface area (Å²) in [4.78, 5) is 10.8. The molecule has 0 bridgehead atoms. The summed E-state index contributed by atoms with van der Waals surface area (Å²) in [5, 5.41) is 12.0. The minimum atomic E-state index is -1.31. The van der Waals surface area contributed by atoms with Crippen LogP contribution in [0, 0.1) is 11.7 Å². The molecule has 1 aliphatic carbocycles. The van der Waals surface area contributed by atoms with E-state index in [9.17, 15) is 9.18 Å². The van der Waals surface area contributed by atoms with Crippen LogP contribution in [0.1, 0.15) is 36.5 Å². The van der Waals surface area contributed by atoms with Crippen LogP contribution in [0.2, 0.25) is 0 Å². The van der Waals surface area contributed by atoms with Gasteiger partial charge in [-0.2, -0.15) is 0 Å². The molecule has 1 aromatic carbocycles. The van der Waals surface area contributed by atoms with Crippen molar-refractivity contribution in [1.29, 1.82) is 0 Å². The van der Waals surface area contributed by atoms with E-state index in [0.717, 1.165) is 19.3 Å². The molecule has 0 aliphatic heterocycles. The van der Waals surface area contributed by atoms with Crippen LogP contribution < -0.4 is 11.1 Å². The van der Waals surface area contributed by atoms with Crippen LogP contribution in [-0.4, -0.2) is 17.1 Å². The Morgan fingerprint density at radius 2 is 2.22 bits per heavy atom. The molecule has 4 nitrogen and oxygen atoms in total. The van der Waals surface area contributed by atoms with Gasteiger partial charge in [0.15, 0.2) is 0 Å². The van der Waals surface area contributed by atoms with E-state index < -0.39 is 17.3 Å². The number of nitrogen functional groups attached to an aromatic ring is 1. The molecule has 2 rings (SSSR count). The Balaban J connectivity index is 2.23. The van der Waals surface area contributed by atoms with E-state index in [1.165, 1.54) is 12.1 Å². The first-order valence-corrected chi connectivity index (χ1v) is 6.08. The van der Waals surface area contributed by atoms with Crippen molar-refractivity contribution in [3.63, 3.8) is 0 Å². The number of aromatic carboxylic acids is 1. The van der Waals surface area contributed by atoms with Crippen molar-refractivity contribution in [2.24, 2.45) is 5.92 Å². The molecular formula is C13H17FN2O2. The van der Waals surface area contributed by atoms with Crippen LogP contribution in [0.25, 0.3) is 0 Å². The van der Waals surface area contributed by atoms with E-state index in [-0.39, 0.29) is 11.7 Å². The summed E-state index contributed by atoms with van der Waals surface area (Å²) < 4.78 is 13.6. The number of carboxylic acid groups (broad SMARTS) is 1. The molecule has 0 amide bonds. The highest BCUT2D eigenvalue weighted by Gasteiger charge is 2.24. The summed E-state index contributed by atoms with van der Waals surface area (Å²) in [6, 6.07) is 2.62. The molecule has 0 spiro atoms. The van der Waals surface area contributed by atoms with Crippen molar-refractivity contribution in [3.05, 3.63) is 23.5 Å². The Morgan fingerprint density at radius 3 is 2.78 bits per heavy atom. The first-order valence-electron chi connectivity index (χ1n) is 6.08. The maximum Gasteiger partial charge on any atom is 0.338 e. The van der Waals surface area contributed by atoms with Crippen LogP contribution in [0.15, 0.2) is 12.1 Å². The fourth-order valence-corrected chi connectivity index (χ4v) is 2.44. The van der Waals surface area contributed by atoms with Gasteiger partial charge in [-0.15, -0.1) is 0 Å². The number of nitrogens with one attached hydrogen (secondary N) is 1. The molecule has 0 heterocycles. The highest BCUT2D eigenvalue weighted by atomic mass is 19.1. The second-order valence-electron chi connectivity index (χ2n) is 4.88. The summed E-state index contributed by atoms with van der Waals surface area (Å²) in [5.74, 6) is -1.54. The van der Waals surface area contributed by atoms with Gasteiger partial charge in [0.05, 0.1) is 16.9 Å². The molecule has 18 heavy (non-hydrogen) atoms. The van der Waals surface area contributed by atoms with Crippen molar-refractivity contribution >= 4 is 17.3 Å². The van der Waals surface area contributed by atoms with Gasteiger partial charge in [-0.1, -0.05) is 13.3 Å². The van der Waals surface area contributed by atoms with E-state index in [0.29, 0.717) is 11.6 Å². The Morgan fingerprint density at radius 1 is 1.50 bits per heavy atom. The molecular weight excluding hydrogens is 235 g/mol. The van der Waals surface area contributed by atoms with Crippen LogP contribution in [0.4, 0.5) is 15.8 Å². The second-order valence-corrected chi connectivity index (χ2v) is 4.88. The number of nitrogens with two attached hydrogens (primary N) is 1. The first-order chi connectivity index (χ1) is 8.49. The highest BCUT2D eigenvalue weighted by molar-refractivity contribution is 5.90. The largest absolute Gasteiger partial charge is 0.478 e. The molecule has 2 atom stereocenters. The zero-order valence-electron chi connectivity index (χ0n) is 10.2. The van der Waals surface area contributed by atoms with Gasteiger partial charge in [0.1, 0.15) is 5.82 Å². The zero-order valence-corrected chi connectivity index (χ0v) is 10.2. The highest BCUT2D eigenvalue weighted by Crippen LogP contribution is 2.31. The molecule has 5 heteroatoms. The Kier molecular flexibility index (Phi) is 3.41. The molecule has 0 aromatic heterocycles. The minimum absolute atomic E-state index is 0.271. The van der Waals surface area contributed by atoms with Gasteiger partial charge in [-0.05, 0) is 30.9 Å². The summed E-state index contributed by atoms with van der Waals surface area (Å²) in [7, 11) is 0. The number of carboxylic acids is 1. The lowest BCUT2D eigenvalue weighted by Gasteiger charge is -2.20. The van der Waals surface area contributed by atoms with Crippen LogP contribution in [0.3, 0.4) is 0 Å². The number of halogens is 1. The maximum absolute atomic E-state index is 13.6. The molecule has 98 valence electrons. The average Bonchev–Trinajstić information content (AvgIpc) is 2.69. The van der Waals surface area contributed by atoms with Crippen molar-refractivity contribution in [2.75, 3.05) is 11.1 Å². The third-order valence-electron chi connectivity index (χ3n) is 3.57. The number of hydrogen-bond donors (Lipinski definition) is 3. The first kappa shape index (κ1) is 12.7. The summed E-state index contributed by atoms with van der Waals surface area (Å²) in [5.41, 5.74) is 6.12. The predicted molar refractivity (Wildman–Crippen MR) is 68.2 cm³/mol. The lowest BCUT2D eigenvalue weighted by molar-refractivity contribution is 0.0692. The number of rotatable bonds is 3. The standard InChI is InChI=1S/C13H17FN2O2/c1-7-3-2-4-11(7)16-12-6-9(14)8(13(17)18)5-10(12)15/h5-7,11,16H,2-4,15H2,1H3,(H,17,18). The van der Waals surface area contributed by atoms with Crippen LogP contribution in [-0.2, 0) is 0 Å². The van der Waals surface area contributed by atoms with Crippen molar-refractivity contribution in [1.82, 2.24) is 0 Å². The van der Waals surface area contributed by atoms with Gasteiger partial charge in [0.2, 0.25) is 0 Å². The molecule has 4 N–H and O–H groups in total. The average molecular weight is 252 g/mol. The summed E-state index contributed by atoms with van der Waals surface area (Å²) >= 11 is 0. The van der Waals surface area contributed by atoms with Gasteiger partial charge in [-0.25, -0.2) is 9.18 Å². The summed E-state index contributed by atoms with van der Waals surface area (Å²) in [6.07, 6.45) is 3.32. The van der Waals surface area contributed by atoms with E-state index in [1.807, 2.05) is 0 Å².